The third kappa shape index (κ3) is 2.05. The molecule has 0 N–H and O–H groups in total. The van der Waals surface area contributed by atoms with Crippen LogP contribution in [-0.4, -0.2) is 22.1 Å². The minimum Gasteiger partial charge on any atom is -0.497 e. The predicted octanol–water partition coefficient (Wildman–Crippen LogP) is 2.27. The zero-order valence-corrected chi connectivity index (χ0v) is 10.6. The molecule has 2 aromatic rings. The van der Waals surface area contributed by atoms with Crippen LogP contribution in [0.5, 0.6) is 5.75 Å². The Hall–Kier alpha value is -2.35. The zero-order valence-electron chi connectivity index (χ0n) is 10.6. The molecule has 0 amide bonds. The molecule has 1 aromatic carbocycles. The number of ether oxygens (including phenoxy) is 1. The molecule has 18 heavy (non-hydrogen) atoms. The van der Waals surface area contributed by atoms with Crippen molar-refractivity contribution in [2.75, 3.05) is 7.11 Å². The third-order valence-corrected chi connectivity index (χ3v) is 2.67. The molecule has 5 nitrogen and oxygen atoms in total. The quantitative estimate of drug-likeness (QED) is 0.828. The first kappa shape index (κ1) is 12.1. The van der Waals surface area contributed by atoms with Gasteiger partial charge in [0.05, 0.1) is 18.5 Å². The van der Waals surface area contributed by atoms with Crippen LogP contribution in [0, 0.1) is 11.3 Å². The first-order valence-corrected chi connectivity index (χ1v) is 5.67. The summed E-state index contributed by atoms with van der Waals surface area (Å²) in [5.74, 6) is 0.960. The fraction of sp³-hybridized carbons (Fsp3) is 0.308. The van der Waals surface area contributed by atoms with Crippen molar-refractivity contribution in [2.24, 2.45) is 0 Å². The summed E-state index contributed by atoms with van der Waals surface area (Å²) in [6, 6.07) is 9.56. The van der Waals surface area contributed by atoms with Gasteiger partial charge >= 0.3 is 0 Å². The second kappa shape index (κ2) is 4.88. The highest BCUT2D eigenvalue weighted by molar-refractivity contribution is 5.40. The van der Waals surface area contributed by atoms with E-state index >= 15 is 0 Å². The van der Waals surface area contributed by atoms with E-state index in [4.69, 9.17) is 10.00 Å². The zero-order chi connectivity index (χ0) is 13.1. The molecule has 0 aliphatic rings. The molecule has 0 bridgehead atoms. The van der Waals surface area contributed by atoms with Crippen LogP contribution in [0.3, 0.4) is 0 Å². The van der Waals surface area contributed by atoms with Gasteiger partial charge in [-0.05, 0) is 30.2 Å². The Kier molecular flexibility index (Phi) is 3.28. The molecule has 2 rings (SSSR count). The Morgan fingerprint density at radius 2 is 1.94 bits per heavy atom. The fourth-order valence-corrected chi connectivity index (χ4v) is 1.80. The van der Waals surface area contributed by atoms with Crippen molar-refractivity contribution in [1.82, 2.24) is 15.0 Å². The summed E-state index contributed by atoms with van der Waals surface area (Å²) in [4.78, 5) is 0. The highest BCUT2D eigenvalue weighted by atomic mass is 16.5. The number of hydrogen-bond acceptors (Lipinski definition) is 4. The Labute approximate surface area is 106 Å². The molecule has 1 heterocycles. The molecule has 0 unspecified atom stereocenters. The van der Waals surface area contributed by atoms with Gasteiger partial charge in [0.25, 0.3) is 0 Å². The summed E-state index contributed by atoms with van der Waals surface area (Å²) in [6.07, 6.45) is 0. The van der Waals surface area contributed by atoms with Gasteiger partial charge in [0, 0.05) is 0 Å². The Bertz CT molecular complexity index is 578. The van der Waals surface area contributed by atoms with Crippen molar-refractivity contribution in [3.05, 3.63) is 35.7 Å². The maximum Gasteiger partial charge on any atom is 0.186 e. The molecular formula is C13H14N4O. The van der Waals surface area contributed by atoms with Crippen LogP contribution in [0.15, 0.2) is 24.3 Å². The van der Waals surface area contributed by atoms with E-state index in [9.17, 15) is 0 Å². The Morgan fingerprint density at radius 3 is 2.44 bits per heavy atom. The molecule has 0 atom stereocenters. The van der Waals surface area contributed by atoms with Crippen molar-refractivity contribution in [1.29, 1.82) is 5.26 Å². The van der Waals surface area contributed by atoms with Gasteiger partial charge in [-0.3, -0.25) is 0 Å². The Balaban J connectivity index is 2.50. The number of hydrogen-bond donors (Lipinski definition) is 0. The molecule has 0 saturated carbocycles. The minimum atomic E-state index is 0.178. The molecule has 0 aliphatic heterocycles. The van der Waals surface area contributed by atoms with Crippen LogP contribution in [0.2, 0.25) is 0 Å². The number of benzene rings is 1. The summed E-state index contributed by atoms with van der Waals surface area (Å²) < 4.78 is 6.81. The lowest BCUT2D eigenvalue weighted by molar-refractivity contribution is 0.414. The maximum atomic E-state index is 9.02. The molecule has 92 valence electrons. The van der Waals surface area contributed by atoms with Crippen molar-refractivity contribution in [3.63, 3.8) is 0 Å². The van der Waals surface area contributed by atoms with E-state index in [1.807, 2.05) is 38.1 Å². The van der Waals surface area contributed by atoms with E-state index in [1.54, 1.807) is 11.8 Å². The summed E-state index contributed by atoms with van der Waals surface area (Å²) in [5, 5.41) is 17.0. The summed E-state index contributed by atoms with van der Waals surface area (Å²) in [7, 11) is 1.62. The lowest BCUT2D eigenvalue weighted by Crippen LogP contribution is -2.04. The van der Waals surface area contributed by atoms with Crippen LogP contribution in [0.4, 0.5) is 0 Å². The van der Waals surface area contributed by atoms with Crippen molar-refractivity contribution >= 4 is 0 Å². The van der Waals surface area contributed by atoms with E-state index in [1.165, 1.54) is 0 Å². The van der Waals surface area contributed by atoms with Gasteiger partial charge in [0.15, 0.2) is 5.69 Å². The molecule has 1 aromatic heterocycles. The van der Waals surface area contributed by atoms with Gasteiger partial charge in [-0.2, -0.15) is 5.26 Å². The highest BCUT2D eigenvalue weighted by Crippen LogP contribution is 2.22. The van der Waals surface area contributed by atoms with Crippen LogP contribution in [0.25, 0.3) is 5.69 Å². The van der Waals surface area contributed by atoms with Gasteiger partial charge in [-0.15, -0.1) is 5.10 Å². The smallest absolute Gasteiger partial charge is 0.186 e. The van der Waals surface area contributed by atoms with E-state index in [0.29, 0.717) is 5.69 Å². The summed E-state index contributed by atoms with van der Waals surface area (Å²) in [6.45, 7) is 4.03. The largest absolute Gasteiger partial charge is 0.497 e. The van der Waals surface area contributed by atoms with Gasteiger partial charge in [-0.1, -0.05) is 19.1 Å². The SMILES string of the molecule is COc1ccc(-n2nnc(C#N)c2C(C)C)cc1. The predicted molar refractivity (Wildman–Crippen MR) is 66.7 cm³/mol. The topological polar surface area (TPSA) is 63.7 Å². The van der Waals surface area contributed by atoms with Crippen LogP contribution in [-0.2, 0) is 0 Å². The molecule has 0 spiro atoms. The average Bonchev–Trinajstić information content (AvgIpc) is 2.82. The van der Waals surface area contributed by atoms with Gasteiger partial charge in [-0.25, -0.2) is 4.68 Å². The monoisotopic (exact) mass is 242 g/mol. The lowest BCUT2D eigenvalue weighted by atomic mass is 10.1. The van der Waals surface area contributed by atoms with E-state index < -0.39 is 0 Å². The molecule has 0 fully saturated rings. The second-order valence-corrected chi connectivity index (χ2v) is 4.20. The first-order chi connectivity index (χ1) is 8.67. The number of aromatic nitrogens is 3. The Morgan fingerprint density at radius 1 is 1.28 bits per heavy atom. The van der Waals surface area contributed by atoms with Gasteiger partial charge in [0.2, 0.25) is 0 Å². The normalized spacial score (nSPS) is 10.4. The van der Waals surface area contributed by atoms with Crippen molar-refractivity contribution in [2.45, 2.75) is 19.8 Å². The molecule has 5 heteroatoms. The fourth-order valence-electron chi connectivity index (χ4n) is 1.80. The second-order valence-electron chi connectivity index (χ2n) is 4.20. The maximum absolute atomic E-state index is 9.02. The average molecular weight is 242 g/mol. The number of nitriles is 1. The van der Waals surface area contributed by atoms with E-state index in [0.717, 1.165) is 17.1 Å². The lowest BCUT2D eigenvalue weighted by Gasteiger charge is -2.09. The molecule has 0 radical (unpaired) electrons. The van der Waals surface area contributed by atoms with Crippen molar-refractivity contribution < 1.29 is 4.74 Å². The van der Waals surface area contributed by atoms with Gasteiger partial charge < -0.3 is 4.74 Å². The summed E-state index contributed by atoms with van der Waals surface area (Å²) in [5.41, 5.74) is 2.07. The van der Waals surface area contributed by atoms with E-state index in [-0.39, 0.29) is 5.92 Å². The molecular weight excluding hydrogens is 228 g/mol. The number of rotatable bonds is 3. The number of nitrogens with zero attached hydrogens (tertiary/aromatic N) is 4. The first-order valence-electron chi connectivity index (χ1n) is 5.67. The minimum absolute atomic E-state index is 0.178. The van der Waals surface area contributed by atoms with Crippen LogP contribution >= 0.6 is 0 Å². The standard InChI is InChI=1S/C13H14N4O/c1-9(2)13-12(8-14)15-16-17(13)10-4-6-11(18-3)7-5-10/h4-7,9H,1-3H3. The van der Waals surface area contributed by atoms with E-state index in [2.05, 4.69) is 16.4 Å². The van der Waals surface area contributed by atoms with Crippen LogP contribution in [0.1, 0.15) is 31.2 Å². The number of methoxy groups -OCH3 is 1. The van der Waals surface area contributed by atoms with Crippen molar-refractivity contribution in [3.8, 4) is 17.5 Å². The van der Waals surface area contributed by atoms with Gasteiger partial charge in [0.1, 0.15) is 11.8 Å². The molecule has 0 saturated heterocycles. The third-order valence-electron chi connectivity index (χ3n) is 2.67. The van der Waals surface area contributed by atoms with Crippen LogP contribution < -0.4 is 4.74 Å². The molecule has 0 aliphatic carbocycles. The summed E-state index contributed by atoms with van der Waals surface area (Å²) >= 11 is 0. The highest BCUT2D eigenvalue weighted by Gasteiger charge is 2.16.